The first-order valence-electron chi connectivity index (χ1n) is 3.38. The van der Waals surface area contributed by atoms with Crippen LogP contribution < -0.4 is 0 Å². The fourth-order valence-corrected chi connectivity index (χ4v) is 1.57. The number of aromatic nitrogens is 2. The summed E-state index contributed by atoms with van der Waals surface area (Å²) >= 11 is 3.41. The molecule has 0 amide bonds. The van der Waals surface area contributed by atoms with E-state index in [4.69, 9.17) is 0 Å². The average Bonchev–Trinajstić information content (AvgIpc) is 2.50. The molecule has 0 unspecified atom stereocenters. The first kappa shape index (κ1) is 6.85. The van der Waals surface area contributed by atoms with Gasteiger partial charge in [-0.2, -0.15) is 0 Å². The van der Waals surface area contributed by atoms with Crippen LogP contribution in [0.5, 0.6) is 0 Å². The van der Waals surface area contributed by atoms with Crippen LogP contribution in [-0.2, 0) is 5.33 Å². The van der Waals surface area contributed by atoms with Gasteiger partial charge >= 0.3 is 0 Å². The molecule has 0 N–H and O–H groups in total. The molecule has 0 spiro atoms. The van der Waals surface area contributed by atoms with E-state index in [-0.39, 0.29) is 0 Å². The molecule has 0 atom stereocenters. The number of rotatable bonds is 1. The van der Waals surface area contributed by atoms with Crippen LogP contribution in [0.3, 0.4) is 0 Å². The number of alkyl halides is 1. The maximum atomic E-state index is 4.05. The lowest BCUT2D eigenvalue weighted by atomic mass is 10.3. The molecule has 0 aliphatic carbocycles. The lowest BCUT2D eigenvalue weighted by Gasteiger charge is -1.99. The smallest absolute Gasteiger partial charge is 0.0994 e. The highest BCUT2D eigenvalue weighted by Gasteiger charge is 1.96. The topological polar surface area (TPSA) is 17.3 Å². The van der Waals surface area contributed by atoms with E-state index in [2.05, 4.69) is 31.4 Å². The van der Waals surface area contributed by atoms with Gasteiger partial charge in [0.15, 0.2) is 0 Å². The van der Waals surface area contributed by atoms with Crippen LogP contribution in [0.25, 0.3) is 5.52 Å². The second-order valence-corrected chi connectivity index (χ2v) is 2.90. The summed E-state index contributed by atoms with van der Waals surface area (Å²) in [6.45, 7) is 0. The largest absolute Gasteiger partial charge is 0.302 e. The van der Waals surface area contributed by atoms with E-state index in [9.17, 15) is 0 Å². The summed E-state index contributed by atoms with van der Waals surface area (Å²) in [5, 5.41) is 0.862. The number of fused-ring (bicyclic) bond motifs is 1. The number of halogens is 1. The van der Waals surface area contributed by atoms with E-state index in [1.54, 1.807) is 0 Å². The van der Waals surface area contributed by atoms with Gasteiger partial charge in [-0.15, -0.1) is 0 Å². The van der Waals surface area contributed by atoms with Crippen LogP contribution in [-0.4, -0.2) is 9.38 Å². The van der Waals surface area contributed by atoms with E-state index in [1.807, 2.05) is 24.7 Å². The summed E-state index contributed by atoms with van der Waals surface area (Å²) in [5.41, 5.74) is 2.36. The quantitative estimate of drug-likeness (QED) is 0.661. The van der Waals surface area contributed by atoms with Crippen LogP contribution in [0.1, 0.15) is 5.69 Å². The molecule has 0 aromatic carbocycles. The van der Waals surface area contributed by atoms with Crippen LogP contribution in [0.2, 0.25) is 0 Å². The lowest BCUT2D eigenvalue weighted by Crippen LogP contribution is -1.89. The molecule has 0 fully saturated rings. The third kappa shape index (κ3) is 1.05. The Bertz CT molecular complexity index is 367. The second kappa shape index (κ2) is 2.66. The number of hydrogen-bond donors (Lipinski definition) is 0. The third-order valence-corrected chi connectivity index (χ3v) is 2.24. The molecule has 2 aromatic heterocycles. The maximum absolute atomic E-state index is 4.05. The van der Waals surface area contributed by atoms with Gasteiger partial charge in [-0.1, -0.05) is 22.0 Å². The predicted octanol–water partition coefficient (Wildman–Crippen LogP) is 2.23. The van der Waals surface area contributed by atoms with Crippen molar-refractivity contribution in [3.8, 4) is 0 Å². The van der Waals surface area contributed by atoms with E-state index in [1.165, 1.54) is 5.69 Å². The van der Waals surface area contributed by atoms with Gasteiger partial charge in [-0.25, -0.2) is 4.98 Å². The van der Waals surface area contributed by atoms with E-state index >= 15 is 0 Å². The van der Waals surface area contributed by atoms with Crippen LogP contribution in [0.4, 0.5) is 0 Å². The maximum Gasteiger partial charge on any atom is 0.0994 e. The van der Waals surface area contributed by atoms with Gasteiger partial charge < -0.3 is 4.40 Å². The summed E-state index contributed by atoms with van der Waals surface area (Å²) in [5.74, 6) is 0. The Morgan fingerprint density at radius 2 is 2.36 bits per heavy atom. The molecule has 0 bridgehead atoms. The molecule has 2 heterocycles. The molecular weight excluding hydrogens is 204 g/mol. The minimum Gasteiger partial charge on any atom is -0.302 e. The molecule has 0 aliphatic heterocycles. The van der Waals surface area contributed by atoms with Crippen molar-refractivity contribution in [1.82, 2.24) is 9.38 Å². The van der Waals surface area contributed by atoms with Crippen LogP contribution >= 0.6 is 15.9 Å². The van der Waals surface area contributed by atoms with Crippen molar-refractivity contribution in [3.05, 3.63) is 36.4 Å². The number of pyridine rings is 1. The molecule has 0 radical (unpaired) electrons. The highest BCUT2D eigenvalue weighted by molar-refractivity contribution is 9.08. The monoisotopic (exact) mass is 210 g/mol. The van der Waals surface area contributed by atoms with Gasteiger partial charge in [0.2, 0.25) is 0 Å². The molecule has 56 valence electrons. The van der Waals surface area contributed by atoms with Gasteiger partial charge in [0.25, 0.3) is 0 Å². The Labute approximate surface area is 73.0 Å². The van der Waals surface area contributed by atoms with Crippen molar-refractivity contribution in [2.75, 3.05) is 0 Å². The number of nitrogens with zero attached hydrogens (tertiary/aromatic N) is 2. The van der Waals surface area contributed by atoms with Crippen molar-refractivity contribution in [3.63, 3.8) is 0 Å². The highest BCUT2D eigenvalue weighted by Crippen LogP contribution is 2.09. The average molecular weight is 211 g/mol. The van der Waals surface area contributed by atoms with Crippen molar-refractivity contribution in [2.24, 2.45) is 0 Å². The lowest BCUT2D eigenvalue weighted by molar-refractivity contribution is 1.07. The number of hydrogen-bond acceptors (Lipinski definition) is 1. The van der Waals surface area contributed by atoms with Crippen molar-refractivity contribution in [2.45, 2.75) is 5.33 Å². The second-order valence-electron chi connectivity index (χ2n) is 2.34. The summed E-state index contributed by atoms with van der Waals surface area (Å²) in [6, 6.07) is 6.15. The molecule has 0 aliphatic rings. The standard InChI is InChI=1S/C8H7BrN2/c9-4-7-2-1-3-8-5-10-6-11(7)8/h1-3,5-6H,4H2. The predicted molar refractivity (Wildman–Crippen MR) is 47.8 cm³/mol. The minimum absolute atomic E-state index is 0.862. The molecular formula is C8H7BrN2. The molecule has 0 saturated heterocycles. The van der Waals surface area contributed by atoms with Gasteiger partial charge in [-0.05, 0) is 12.1 Å². The fraction of sp³-hybridized carbons (Fsp3) is 0.125. The summed E-state index contributed by atoms with van der Waals surface area (Å²) in [7, 11) is 0. The summed E-state index contributed by atoms with van der Waals surface area (Å²) < 4.78 is 2.06. The SMILES string of the molecule is BrCc1cccc2cncn12. The molecule has 2 nitrogen and oxygen atoms in total. The number of imidazole rings is 1. The zero-order valence-corrected chi connectivity index (χ0v) is 7.45. The highest BCUT2D eigenvalue weighted by atomic mass is 79.9. The van der Waals surface area contributed by atoms with E-state index < -0.39 is 0 Å². The Morgan fingerprint density at radius 1 is 1.45 bits per heavy atom. The minimum atomic E-state index is 0.862. The fourth-order valence-electron chi connectivity index (χ4n) is 1.12. The Kier molecular flexibility index (Phi) is 1.66. The first-order chi connectivity index (χ1) is 5.42. The van der Waals surface area contributed by atoms with E-state index in [0.717, 1.165) is 10.8 Å². The first-order valence-corrected chi connectivity index (χ1v) is 4.50. The van der Waals surface area contributed by atoms with Crippen molar-refractivity contribution in [1.29, 1.82) is 0 Å². The molecule has 2 aromatic rings. The van der Waals surface area contributed by atoms with Crippen LogP contribution in [0, 0.1) is 0 Å². The Morgan fingerprint density at radius 3 is 3.18 bits per heavy atom. The van der Waals surface area contributed by atoms with Crippen LogP contribution in [0.15, 0.2) is 30.7 Å². The zero-order chi connectivity index (χ0) is 7.68. The van der Waals surface area contributed by atoms with Gasteiger partial charge in [0.1, 0.15) is 0 Å². The normalized spacial score (nSPS) is 10.6. The summed E-state index contributed by atoms with van der Waals surface area (Å²) in [6.07, 6.45) is 3.68. The Hall–Kier alpha value is -0.830. The van der Waals surface area contributed by atoms with Gasteiger partial charge in [-0.3, -0.25) is 0 Å². The third-order valence-electron chi connectivity index (χ3n) is 1.67. The van der Waals surface area contributed by atoms with E-state index in [0.29, 0.717) is 0 Å². The van der Waals surface area contributed by atoms with Crippen molar-refractivity contribution < 1.29 is 0 Å². The summed E-state index contributed by atoms with van der Waals surface area (Å²) in [4.78, 5) is 4.05. The molecule has 11 heavy (non-hydrogen) atoms. The molecule has 2 rings (SSSR count). The zero-order valence-electron chi connectivity index (χ0n) is 5.87. The van der Waals surface area contributed by atoms with Crippen molar-refractivity contribution >= 4 is 21.4 Å². The Balaban J connectivity index is 2.79. The van der Waals surface area contributed by atoms with Gasteiger partial charge in [0.05, 0.1) is 18.0 Å². The molecule has 3 heteroatoms. The van der Waals surface area contributed by atoms with Gasteiger partial charge in [0, 0.05) is 11.0 Å². The molecule has 0 saturated carbocycles.